The Balaban J connectivity index is 1.64. The van der Waals surface area contributed by atoms with Gasteiger partial charge in [-0.2, -0.15) is 0 Å². The van der Waals surface area contributed by atoms with E-state index in [-0.39, 0.29) is 5.78 Å². The zero-order valence-electron chi connectivity index (χ0n) is 14.2. The van der Waals surface area contributed by atoms with Crippen LogP contribution in [0.15, 0.2) is 55.0 Å². The van der Waals surface area contributed by atoms with E-state index in [1.54, 1.807) is 30.7 Å². The maximum atomic E-state index is 13.0. The molecule has 0 atom stereocenters. The third-order valence-electron chi connectivity index (χ3n) is 4.37. The van der Waals surface area contributed by atoms with Gasteiger partial charge in [-0.25, -0.2) is 9.37 Å². The van der Waals surface area contributed by atoms with E-state index in [0.717, 1.165) is 11.3 Å². The van der Waals surface area contributed by atoms with Gasteiger partial charge in [0.15, 0.2) is 5.78 Å². The van der Waals surface area contributed by atoms with E-state index in [0.29, 0.717) is 35.5 Å². The highest BCUT2D eigenvalue weighted by Gasteiger charge is 2.27. The molecule has 0 aliphatic heterocycles. The monoisotopic (exact) mass is 362 g/mol. The molecular formula is C20H15FN4O2. The second-order valence-corrected chi connectivity index (χ2v) is 6.11. The fourth-order valence-electron chi connectivity index (χ4n) is 3.11. The van der Waals surface area contributed by atoms with Crippen molar-refractivity contribution in [2.75, 3.05) is 10.6 Å². The molecule has 0 spiro atoms. The standard InChI is InChI=1S/C20H15FN4O2/c21-13-3-1-12(2-4-13)20(27)25-16-7-6-15(14-5-8-17(26)19(14)16)24-18-11-22-9-10-23-18/h1-4,6-7,9-11H,5,8H2,(H,23,24)(H,25,27). The van der Waals surface area contributed by atoms with Gasteiger partial charge >= 0.3 is 0 Å². The van der Waals surface area contributed by atoms with Gasteiger partial charge in [-0.1, -0.05) is 0 Å². The number of aromatic nitrogens is 2. The summed E-state index contributed by atoms with van der Waals surface area (Å²) in [7, 11) is 0. The summed E-state index contributed by atoms with van der Waals surface area (Å²) in [5.74, 6) is -0.266. The van der Waals surface area contributed by atoms with Crippen molar-refractivity contribution in [2.45, 2.75) is 12.8 Å². The molecule has 1 aliphatic carbocycles. The Kier molecular flexibility index (Phi) is 4.33. The maximum absolute atomic E-state index is 13.0. The van der Waals surface area contributed by atoms with E-state index in [9.17, 15) is 14.0 Å². The summed E-state index contributed by atoms with van der Waals surface area (Å²) in [6.45, 7) is 0. The Hall–Kier alpha value is -3.61. The summed E-state index contributed by atoms with van der Waals surface area (Å²) in [5.41, 5.74) is 2.86. The topological polar surface area (TPSA) is 84.0 Å². The van der Waals surface area contributed by atoms with Crippen molar-refractivity contribution in [1.29, 1.82) is 0 Å². The SMILES string of the molecule is O=C(Nc1ccc(Nc2cnccn2)c2c1C(=O)CC2)c1ccc(F)cc1. The van der Waals surface area contributed by atoms with Gasteiger partial charge < -0.3 is 10.6 Å². The third kappa shape index (κ3) is 3.39. The minimum absolute atomic E-state index is 0.0257. The summed E-state index contributed by atoms with van der Waals surface area (Å²) >= 11 is 0. The second-order valence-electron chi connectivity index (χ2n) is 6.11. The molecule has 2 N–H and O–H groups in total. The number of hydrogen-bond acceptors (Lipinski definition) is 5. The second kappa shape index (κ2) is 6.95. The van der Waals surface area contributed by atoms with Crippen LogP contribution in [-0.2, 0) is 6.42 Å². The average Bonchev–Trinajstić information content (AvgIpc) is 3.07. The Morgan fingerprint density at radius 2 is 1.78 bits per heavy atom. The number of carbonyl (C=O) groups excluding carboxylic acids is 2. The lowest BCUT2D eigenvalue weighted by molar-refractivity contribution is 0.0995. The van der Waals surface area contributed by atoms with E-state index in [4.69, 9.17) is 0 Å². The Labute approximate surface area is 154 Å². The molecule has 134 valence electrons. The van der Waals surface area contributed by atoms with Gasteiger partial charge in [-0.3, -0.25) is 14.6 Å². The number of anilines is 3. The predicted molar refractivity (Wildman–Crippen MR) is 98.8 cm³/mol. The van der Waals surface area contributed by atoms with Crippen molar-refractivity contribution < 1.29 is 14.0 Å². The highest BCUT2D eigenvalue weighted by Crippen LogP contribution is 2.35. The number of nitrogens with one attached hydrogen (secondary N) is 2. The molecule has 1 aliphatic rings. The zero-order chi connectivity index (χ0) is 18.8. The number of fused-ring (bicyclic) bond motifs is 1. The Morgan fingerprint density at radius 3 is 2.52 bits per heavy atom. The molecule has 0 bridgehead atoms. The minimum Gasteiger partial charge on any atom is -0.339 e. The Bertz CT molecular complexity index is 1020. The predicted octanol–water partition coefficient (Wildman–Crippen LogP) is 3.74. The number of ketones is 1. The van der Waals surface area contributed by atoms with Crippen LogP contribution in [0.4, 0.5) is 21.6 Å². The van der Waals surface area contributed by atoms with Gasteiger partial charge in [-0.15, -0.1) is 0 Å². The maximum Gasteiger partial charge on any atom is 0.255 e. The number of benzene rings is 2. The van der Waals surface area contributed by atoms with Crippen LogP contribution in [0, 0.1) is 5.82 Å². The molecule has 7 heteroatoms. The van der Waals surface area contributed by atoms with Crippen molar-refractivity contribution in [1.82, 2.24) is 9.97 Å². The highest BCUT2D eigenvalue weighted by atomic mass is 19.1. The first-order valence-corrected chi connectivity index (χ1v) is 8.41. The molecule has 0 saturated heterocycles. The quantitative estimate of drug-likeness (QED) is 0.739. The molecule has 4 rings (SSSR count). The van der Waals surface area contributed by atoms with E-state index < -0.39 is 11.7 Å². The number of hydrogen-bond donors (Lipinski definition) is 2. The van der Waals surface area contributed by atoms with Crippen molar-refractivity contribution in [3.05, 3.63) is 77.5 Å². The molecule has 1 heterocycles. The summed E-state index contributed by atoms with van der Waals surface area (Å²) in [5, 5.41) is 5.92. The number of halogens is 1. The molecule has 0 saturated carbocycles. The number of amides is 1. The van der Waals surface area contributed by atoms with Crippen LogP contribution in [0.25, 0.3) is 0 Å². The molecule has 0 fully saturated rings. The molecule has 27 heavy (non-hydrogen) atoms. The summed E-state index contributed by atoms with van der Waals surface area (Å²) in [6.07, 6.45) is 5.70. The van der Waals surface area contributed by atoms with Crippen LogP contribution in [-0.4, -0.2) is 21.7 Å². The van der Waals surface area contributed by atoms with Crippen molar-refractivity contribution in [3.8, 4) is 0 Å². The molecule has 1 amide bonds. The first-order chi connectivity index (χ1) is 13.1. The highest BCUT2D eigenvalue weighted by molar-refractivity contribution is 6.12. The molecule has 6 nitrogen and oxygen atoms in total. The van der Waals surface area contributed by atoms with Crippen LogP contribution in [0.1, 0.15) is 32.7 Å². The smallest absolute Gasteiger partial charge is 0.255 e. The molecule has 0 unspecified atom stereocenters. The van der Waals surface area contributed by atoms with Crippen molar-refractivity contribution in [2.24, 2.45) is 0 Å². The number of nitrogens with zero attached hydrogens (tertiary/aromatic N) is 2. The van der Waals surface area contributed by atoms with E-state index in [1.807, 2.05) is 0 Å². The third-order valence-corrected chi connectivity index (χ3v) is 4.37. The first kappa shape index (κ1) is 16.8. The molecule has 0 radical (unpaired) electrons. The molecular weight excluding hydrogens is 347 g/mol. The Morgan fingerprint density at radius 1 is 1.00 bits per heavy atom. The van der Waals surface area contributed by atoms with Gasteiger partial charge in [0, 0.05) is 35.6 Å². The molecule has 1 aromatic heterocycles. The lowest BCUT2D eigenvalue weighted by Crippen LogP contribution is -2.14. The normalized spacial score (nSPS) is 12.6. The van der Waals surface area contributed by atoms with Crippen LogP contribution in [0.5, 0.6) is 0 Å². The van der Waals surface area contributed by atoms with Gasteiger partial charge in [0.2, 0.25) is 0 Å². The lowest BCUT2D eigenvalue weighted by Gasteiger charge is -2.14. The van der Waals surface area contributed by atoms with Gasteiger partial charge in [0.25, 0.3) is 5.91 Å². The fourth-order valence-corrected chi connectivity index (χ4v) is 3.11. The minimum atomic E-state index is -0.415. The van der Waals surface area contributed by atoms with Crippen molar-refractivity contribution >= 4 is 28.9 Å². The van der Waals surface area contributed by atoms with Crippen LogP contribution in [0.3, 0.4) is 0 Å². The van der Waals surface area contributed by atoms with Gasteiger partial charge in [-0.05, 0) is 48.4 Å². The zero-order valence-corrected chi connectivity index (χ0v) is 14.2. The van der Waals surface area contributed by atoms with Crippen LogP contribution >= 0.6 is 0 Å². The van der Waals surface area contributed by atoms with Gasteiger partial charge in [0.1, 0.15) is 11.6 Å². The largest absolute Gasteiger partial charge is 0.339 e. The lowest BCUT2D eigenvalue weighted by atomic mass is 10.0. The van der Waals surface area contributed by atoms with E-state index >= 15 is 0 Å². The van der Waals surface area contributed by atoms with E-state index in [2.05, 4.69) is 20.6 Å². The number of carbonyl (C=O) groups is 2. The number of Topliss-reactive ketones (excluding diaryl/α,β-unsaturated/α-hetero) is 1. The molecule has 3 aromatic rings. The van der Waals surface area contributed by atoms with E-state index in [1.165, 1.54) is 24.3 Å². The van der Waals surface area contributed by atoms with Crippen LogP contribution < -0.4 is 10.6 Å². The summed E-state index contributed by atoms with van der Waals surface area (Å²) < 4.78 is 13.0. The summed E-state index contributed by atoms with van der Waals surface area (Å²) in [4.78, 5) is 33.0. The van der Waals surface area contributed by atoms with Crippen molar-refractivity contribution in [3.63, 3.8) is 0 Å². The first-order valence-electron chi connectivity index (χ1n) is 8.41. The fraction of sp³-hybridized carbons (Fsp3) is 0.100. The van der Waals surface area contributed by atoms with Crippen LogP contribution in [0.2, 0.25) is 0 Å². The average molecular weight is 362 g/mol. The summed E-state index contributed by atoms with van der Waals surface area (Å²) in [6, 6.07) is 8.72. The van der Waals surface area contributed by atoms with Gasteiger partial charge in [0.05, 0.1) is 11.9 Å². The number of rotatable bonds is 4. The molecule has 2 aromatic carbocycles.